The van der Waals surface area contributed by atoms with E-state index in [1.807, 2.05) is 36.6 Å². The normalized spacial score (nSPS) is 11.4. The lowest BCUT2D eigenvalue weighted by atomic mass is 9.86. The molecule has 5 heteroatoms. The Morgan fingerprint density at radius 1 is 1.07 bits per heavy atom. The van der Waals surface area contributed by atoms with Crippen molar-refractivity contribution in [3.8, 4) is 11.3 Å². The Labute approximate surface area is 163 Å². The van der Waals surface area contributed by atoms with Crippen molar-refractivity contribution in [2.45, 2.75) is 33.1 Å². The Balaban J connectivity index is 1.84. The third kappa shape index (κ3) is 4.25. The molecule has 0 saturated carbocycles. The van der Waals surface area contributed by atoms with Gasteiger partial charge in [-0.3, -0.25) is 9.69 Å². The number of hydrogen-bond donors (Lipinski definition) is 0. The van der Waals surface area contributed by atoms with Crippen LogP contribution >= 0.6 is 11.3 Å². The van der Waals surface area contributed by atoms with Crippen molar-refractivity contribution in [2.75, 3.05) is 11.4 Å². The first-order valence-electron chi connectivity index (χ1n) is 8.93. The topological polar surface area (TPSA) is 33.2 Å². The van der Waals surface area contributed by atoms with E-state index in [-0.39, 0.29) is 17.1 Å². The van der Waals surface area contributed by atoms with Gasteiger partial charge in [-0.2, -0.15) is 0 Å². The molecule has 3 rings (SSSR count). The number of aromatic nitrogens is 1. The van der Waals surface area contributed by atoms with Gasteiger partial charge < -0.3 is 0 Å². The van der Waals surface area contributed by atoms with Gasteiger partial charge in [-0.1, -0.05) is 32.9 Å². The van der Waals surface area contributed by atoms with E-state index in [1.54, 1.807) is 17.0 Å². The van der Waals surface area contributed by atoms with Gasteiger partial charge in [0.2, 0.25) is 0 Å². The van der Waals surface area contributed by atoms with Crippen LogP contribution in [0.3, 0.4) is 0 Å². The molecule has 140 valence electrons. The predicted molar refractivity (Wildman–Crippen MR) is 110 cm³/mol. The van der Waals surface area contributed by atoms with E-state index in [1.165, 1.54) is 29.0 Å². The molecule has 0 radical (unpaired) electrons. The number of amides is 1. The minimum absolute atomic E-state index is 0.0470. The van der Waals surface area contributed by atoms with E-state index in [9.17, 15) is 9.18 Å². The second-order valence-electron chi connectivity index (χ2n) is 7.40. The standard InChI is InChI=1S/C22H23FN2OS/c1-5-25(20(26)16-6-10-17(11-7-16)22(2,3)4)21-24-19(14-27-21)15-8-12-18(23)13-9-15/h6-14H,5H2,1-4H3. The minimum atomic E-state index is -0.279. The van der Waals surface area contributed by atoms with Crippen molar-refractivity contribution in [3.63, 3.8) is 0 Å². The average molecular weight is 383 g/mol. The fraction of sp³-hybridized carbons (Fsp3) is 0.273. The molecule has 0 aliphatic heterocycles. The molecule has 0 aliphatic rings. The lowest BCUT2D eigenvalue weighted by Crippen LogP contribution is -2.30. The third-order valence-corrected chi connectivity index (χ3v) is 5.29. The zero-order chi connectivity index (χ0) is 19.6. The number of hydrogen-bond acceptors (Lipinski definition) is 3. The van der Waals surface area contributed by atoms with Crippen molar-refractivity contribution < 1.29 is 9.18 Å². The summed E-state index contributed by atoms with van der Waals surface area (Å²) in [4.78, 5) is 19.2. The van der Waals surface area contributed by atoms with Gasteiger partial charge >= 0.3 is 0 Å². The second-order valence-corrected chi connectivity index (χ2v) is 8.24. The molecule has 0 unspecified atom stereocenters. The number of anilines is 1. The van der Waals surface area contributed by atoms with E-state index < -0.39 is 0 Å². The lowest BCUT2D eigenvalue weighted by molar-refractivity contribution is 0.0988. The van der Waals surface area contributed by atoms with Crippen molar-refractivity contribution in [1.29, 1.82) is 0 Å². The summed E-state index contributed by atoms with van der Waals surface area (Å²) in [7, 11) is 0. The van der Waals surface area contributed by atoms with E-state index in [4.69, 9.17) is 0 Å². The molecule has 1 heterocycles. The third-order valence-electron chi connectivity index (χ3n) is 4.42. The largest absolute Gasteiger partial charge is 0.284 e. The highest BCUT2D eigenvalue weighted by molar-refractivity contribution is 7.14. The molecule has 0 spiro atoms. The smallest absolute Gasteiger partial charge is 0.260 e. The Morgan fingerprint density at radius 3 is 2.26 bits per heavy atom. The molecule has 0 N–H and O–H groups in total. The molecule has 3 nitrogen and oxygen atoms in total. The molecule has 0 aliphatic carbocycles. The van der Waals surface area contributed by atoms with Crippen molar-refractivity contribution in [1.82, 2.24) is 4.98 Å². The Hall–Kier alpha value is -2.53. The Morgan fingerprint density at radius 2 is 1.70 bits per heavy atom. The van der Waals surface area contributed by atoms with Crippen LogP contribution < -0.4 is 4.90 Å². The first-order chi connectivity index (χ1) is 12.8. The molecule has 3 aromatic rings. The van der Waals surface area contributed by atoms with E-state index in [2.05, 4.69) is 25.8 Å². The maximum atomic E-state index is 13.1. The first kappa shape index (κ1) is 19.2. The highest BCUT2D eigenvalue weighted by Crippen LogP contribution is 2.29. The summed E-state index contributed by atoms with van der Waals surface area (Å²) in [5, 5.41) is 2.53. The van der Waals surface area contributed by atoms with Gasteiger partial charge in [0.1, 0.15) is 5.82 Å². The van der Waals surface area contributed by atoms with Crippen LogP contribution in [-0.2, 0) is 5.41 Å². The van der Waals surface area contributed by atoms with Gasteiger partial charge in [0, 0.05) is 23.1 Å². The zero-order valence-electron chi connectivity index (χ0n) is 16.0. The van der Waals surface area contributed by atoms with Crippen LogP contribution in [0.2, 0.25) is 0 Å². The number of benzene rings is 2. The SMILES string of the molecule is CCN(C(=O)c1ccc(C(C)(C)C)cc1)c1nc(-c2ccc(F)cc2)cs1. The number of carbonyl (C=O) groups excluding carboxylic acids is 1. The summed E-state index contributed by atoms with van der Waals surface area (Å²) < 4.78 is 13.1. The van der Waals surface area contributed by atoms with Crippen LogP contribution in [0.25, 0.3) is 11.3 Å². The van der Waals surface area contributed by atoms with Gasteiger partial charge in [-0.05, 0) is 54.3 Å². The molecule has 0 fully saturated rings. The van der Waals surface area contributed by atoms with Crippen LogP contribution in [0.1, 0.15) is 43.6 Å². The lowest BCUT2D eigenvalue weighted by Gasteiger charge is -2.21. The molecule has 1 amide bonds. The number of nitrogens with zero attached hydrogens (tertiary/aromatic N) is 2. The molecule has 0 atom stereocenters. The zero-order valence-corrected chi connectivity index (χ0v) is 16.8. The van der Waals surface area contributed by atoms with Crippen LogP contribution in [0.15, 0.2) is 53.9 Å². The fourth-order valence-electron chi connectivity index (χ4n) is 2.78. The molecule has 0 bridgehead atoms. The quantitative estimate of drug-likeness (QED) is 0.562. The number of thiazole rings is 1. The molecule has 1 aromatic heterocycles. The van der Waals surface area contributed by atoms with Gasteiger partial charge in [0.05, 0.1) is 5.69 Å². The summed E-state index contributed by atoms with van der Waals surface area (Å²) >= 11 is 1.41. The van der Waals surface area contributed by atoms with Gasteiger partial charge in [-0.15, -0.1) is 11.3 Å². The number of halogens is 1. The Kier molecular flexibility index (Phi) is 5.42. The van der Waals surface area contributed by atoms with Crippen molar-refractivity contribution in [3.05, 3.63) is 70.9 Å². The Bertz CT molecular complexity index is 924. The average Bonchev–Trinajstić information content (AvgIpc) is 3.12. The van der Waals surface area contributed by atoms with Crippen LogP contribution in [0.5, 0.6) is 0 Å². The van der Waals surface area contributed by atoms with E-state index in [0.29, 0.717) is 17.2 Å². The van der Waals surface area contributed by atoms with Gasteiger partial charge in [0.15, 0.2) is 5.13 Å². The van der Waals surface area contributed by atoms with Crippen LogP contribution in [-0.4, -0.2) is 17.4 Å². The van der Waals surface area contributed by atoms with Crippen LogP contribution in [0, 0.1) is 5.82 Å². The molecular weight excluding hydrogens is 359 g/mol. The maximum Gasteiger partial charge on any atom is 0.260 e. The maximum absolute atomic E-state index is 13.1. The monoisotopic (exact) mass is 382 g/mol. The number of rotatable bonds is 4. The number of carbonyl (C=O) groups is 1. The summed E-state index contributed by atoms with van der Waals surface area (Å²) in [5.74, 6) is -0.351. The van der Waals surface area contributed by atoms with Crippen molar-refractivity contribution >= 4 is 22.4 Å². The van der Waals surface area contributed by atoms with Gasteiger partial charge in [0.25, 0.3) is 5.91 Å². The summed E-state index contributed by atoms with van der Waals surface area (Å²) in [6, 6.07) is 14.0. The van der Waals surface area contributed by atoms with Gasteiger partial charge in [-0.25, -0.2) is 9.37 Å². The summed E-state index contributed by atoms with van der Waals surface area (Å²) in [5.41, 5.74) is 3.45. The summed E-state index contributed by atoms with van der Waals surface area (Å²) in [6.45, 7) is 8.90. The minimum Gasteiger partial charge on any atom is -0.284 e. The summed E-state index contributed by atoms with van der Waals surface area (Å²) in [6.07, 6.45) is 0. The highest BCUT2D eigenvalue weighted by Gasteiger charge is 2.21. The van der Waals surface area contributed by atoms with E-state index >= 15 is 0 Å². The molecule has 0 saturated heterocycles. The first-order valence-corrected chi connectivity index (χ1v) is 9.81. The molecule has 27 heavy (non-hydrogen) atoms. The molecule has 2 aromatic carbocycles. The van der Waals surface area contributed by atoms with E-state index in [0.717, 1.165) is 11.3 Å². The molecular formula is C22H23FN2OS. The highest BCUT2D eigenvalue weighted by atomic mass is 32.1. The predicted octanol–water partition coefficient (Wildman–Crippen LogP) is 5.91. The van der Waals surface area contributed by atoms with Crippen molar-refractivity contribution in [2.24, 2.45) is 0 Å². The fourth-order valence-corrected chi connectivity index (χ4v) is 3.67. The second kappa shape index (κ2) is 7.61. The van der Waals surface area contributed by atoms with Crippen LogP contribution in [0.4, 0.5) is 9.52 Å².